The van der Waals surface area contributed by atoms with Crippen LogP contribution in [0, 0.1) is 12.7 Å². The predicted molar refractivity (Wildman–Crippen MR) is 49.5 cm³/mol. The van der Waals surface area contributed by atoms with Crippen molar-refractivity contribution in [2.24, 2.45) is 0 Å². The van der Waals surface area contributed by atoms with Crippen LogP contribution in [-0.4, -0.2) is 18.9 Å². The van der Waals surface area contributed by atoms with Crippen LogP contribution in [0.4, 0.5) is 13.2 Å². The average Bonchev–Trinajstić information content (AvgIpc) is 2.14. The van der Waals surface area contributed by atoms with Crippen molar-refractivity contribution in [3.05, 3.63) is 35.1 Å². The van der Waals surface area contributed by atoms with Crippen LogP contribution in [0.5, 0.6) is 0 Å². The lowest BCUT2D eigenvalue weighted by molar-refractivity contribution is 0.0891. The molecular weight excluding hydrogens is 207 g/mol. The fraction of sp³-hybridized carbons (Fsp3) is 0.300. The van der Waals surface area contributed by atoms with Gasteiger partial charge < -0.3 is 5.32 Å². The average molecular weight is 217 g/mol. The maximum absolute atomic E-state index is 12.7. The smallest absolute Gasteiger partial charge is 0.255 e. The first kappa shape index (κ1) is 11.6. The second-order valence-corrected chi connectivity index (χ2v) is 3.06. The molecule has 1 aromatic rings. The number of alkyl halides is 2. The van der Waals surface area contributed by atoms with E-state index in [9.17, 15) is 18.0 Å². The van der Waals surface area contributed by atoms with Gasteiger partial charge in [0.05, 0.1) is 6.54 Å². The minimum atomic E-state index is -2.59. The van der Waals surface area contributed by atoms with Crippen molar-refractivity contribution < 1.29 is 18.0 Å². The monoisotopic (exact) mass is 217 g/mol. The number of rotatable bonds is 3. The Morgan fingerprint density at radius 3 is 2.67 bits per heavy atom. The lowest BCUT2D eigenvalue weighted by atomic mass is 10.1. The Labute approximate surface area is 85.1 Å². The van der Waals surface area contributed by atoms with Crippen LogP contribution < -0.4 is 5.32 Å². The summed E-state index contributed by atoms with van der Waals surface area (Å²) in [6.07, 6.45) is -2.59. The van der Waals surface area contributed by atoms with E-state index in [1.165, 1.54) is 12.1 Å². The van der Waals surface area contributed by atoms with Gasteiger partial charge in [-0.05, 0) is 30.7 Å². The van der Waals surface area contributed by atoms with E-state index >= 15 is 0 Å². The second kappa shape index (κ2) is 4.82. The molecule has 0 aliphatic rings. The number of nitrogens with one attached hydrogen (secondary N) is 1. The minimum Gasteiger partial charge on any atom is -0.346 e. The number of benzene rings is 1. The van der Waals surface area contributed by atoms with E-state index in [4.69, 9.17) is 0 Å². The van der Waals surface area contributed by atoms with Gasteiger partial charge in [-0.2, -0.15) is 0 Å². The number of aryl methyl sites for hydroxylation is 1. The zero-order valence-corrected chi connectivity index (χ0v) is 8.06. The highest BCUT2D eigenvalue weighted by Crippen LogP contribution is 2.09. The SMILES string of the molecule is Cc1cc(F)ccc1C(=O)NCC(F)F. The standard InChI is InChI=1S/C10H10F3NO/c1-6-4-7(11)2-3-8(6)10(15)14-5-9(12)13/h2-4,9H,5H2,1H3,(H,14,15). The molecule has 82 valence electrons. The summed E-state index contributed by atoms with van der Waals surface area (Å²) in [6.45, 7) is 0.843. The van der Waals surface area contributed by atoms with Gasteiger partial charge in [0.25, 0.3) is 12.3 Å². The quantitative estimate of drug-likeness (QED) is 0.825. The summed E-state index contributed by atoms with van der Waals surface area (Å²) in [7, 11) is 0. The summed E-state index contributed by atoms with van der Waals surface area (Å²) in [5, 5.41) is 2.05. The lowest BCUT2D eigenvalue weighted by Gasteiger charge is -2.06. The van der Waals surface area contributed by atoms with Crippen molar-refractivity contribution in [1.82, 2.24) is 5.32 Å². The maximum Gasteiger partial charge on any atom is 0.255 e. The summed E-state index contributed by atoms with van der Waals surface area (Å²) in [5.41, 5.74) is 0.624. The van der Waals surface area contributed by atoms with E-state index in [1.807, 2.05) is 5.32 Å². The molecule has 1 N–H and O–H groups in total. The van der Waals surface area contributed by atoms with Crippen LogP contribution in [0.1, 0.15) is 15.9 Å². The Morgan fingerprint density at radius 2 is 2.13 bits per heavy atom. The van der Waals surface area contributed by atoms with Crippen molar-refractivity contribution in [1.29, 1.82) is 0 Å². The van der Waals surface area contributed by atoms with Gasteiger partial charge in [0, 0.05) is 5.56 Å². The molecule has 2 nitrogen and oxygen atoms in total. The molecule has 0 bridgehead atoms. The van der Waals surface area contributed by atoms with Crippen LogP contribution in [-0.2, 0) is 0 Å². The summed E-state index contributed by atoms with van der Waals surface area (Å²) in [4.78, 5) is 11.3. The number of halogens is 3. The normalized spacial score (nSPS) is 10.5. The third-order valence-electron chi connectivity index (χ3n) is 1.85. The van der Waals surface area contributed by atoms with Crippen LogP contribution in [0.3, 0.4) is 0 Å². The number of hydrogen-bond donors (Lipinski definition) is 1. The molecule has 0 heterocycles. The first-order valence-electron chi connectivity index (χ1n) is 4.33. The van der Waals surface area contributed by atoms with E-state index in [2.05, 4.69) is 0 Å². The van der Waals surface area contributed by atoms with E-state index < -0.39 is 24.7 Å². The van der Waals surface area contributed by atoms with Crippen molar-refractivity contribution in [2.45, 2.75) is 13.3 Å². The molecule has 0 aliphatic heterocycles. The molecule has 1 rings (SSSR count). The Hall–Kier alpha value is -1.52. The lowest BCUT2D eigenvalue weighted by Crippen LogP contribution is -2.28. The molecule has 0 aliphatic carbocycles. The summed E-state index contributed by atoms with van der Waals surface area (Å²) in [6, 6.07) is 3.56. The van der Waals surface area contributed by atoms with Gasteiger partial charge in [0.1, 0.15) is 5.82 Å². The number of hydrogen-bond acceptors (Lipinski definition) is 1. The maximum atomic E-state index is 12.7. The molecule has 0 atom stereocenters. The summed E-state index contributed by atoms with van der Waals surface area (Å²) < 4.78 is 36.3. The van der Waals surface area contributed by atoms with Gasteiger partial charge in [0.15, 0.2) is 0 Å². The van der Waals surface area contributed by atoms with Crippen molar-refractivity contribution >= 4 is 5.91 Å². The van der Waals surface area contributed by atoms with Crippen LogP contribution in [0.25, 0.3) is 0 Å². The number of carbonyl (C=O) groups excluding carboxylic acids is 1. The number of amides is 1. The molecule has 15 heavy (non-hydrogen) atoms. The minimum absolute atomic E-state index is 0.206. The van der Waals surface area contributed by atoms with Crippen molar-refractivity contribution in [3.8, 4) is 0 Å². The van der Waals surface area contributed by atoms with Gasteiger partial charge in [0.2, 0.25) is 0 Å². The van der Waals surface area contributed by atoms with Gasteiger partial charge in [-0.3, -0.25) is 4.79 Å². The third kappa shape index (κ3) is 3.27. The Bertz CT molecular complexity index is 366. The highest BCUT2D eigenvalue weighted by molar-refractivity contribution is 5.95. The van der Waals surface area contributed by atoms with Gasteiger partial charge in [-0.25, -0.2) is 13.2 Å². The highest BCUT2D eigenvalue weighted by atomic mass is 19.3. The molecule has 0 unspecified atom stereocenters. The Balaban J connectivity index is 2.74. The molecule has 0 spiro atoms. The second-order valence-electron chi connectivity index (χ2n) is 3.06. The highest BCUT2D eigenvalue weighted by Gasteiger charge is 2.11. The van der Waals surface area contributed by atoms with E-state index in [1.54, 1.807) is 6.92 Å². The Morgan fingerprint density at radius 1 is 1.47 bits per heavy atom. The molecule has 0 aromatic heterocycles. The van der Waals surface area contributed by atoms with Crippen molar-refractivity contribution in [3.63, 3.8) is 0 Å². The van der Waals surface area contributed by atoms with Gasteiger partial charge >= 0.3 is 0 Å². The fourth-order valence-electron chi connectivity index (χ4n) is 1.15. The van der Waals surface area contributed by atoms with Crippen molar-refractivity contribution in [2.75, 3.05) is 6.54 Å². The molecule has 5 heteroatoms. The fourth-order valence-corrected chi connectivity index (χ4v) is 1.15. The molecule has 0 saturated carbocycles. The zero-order valence-electron chi connectivity index (χ0n) is 8.06. The Kier molecular flexibility index (Phi) is 3.71. The molecule has 0 radical (unpaired) electrons. The zero-order chi connectivity index (χ0) is 11.4. The third-order valence-corrected chi connectivity index (χ3v) is 1.85. The van der Waals surface area contributed by atoms with E-state index in [0.717, 1.165) is 6.07 Å². The largest absolute Gasteiger partial charge is 0.346 e. The number of carbonyl (C=O) groups is 1. The first-order chi connectivity index (χ1) is 7.00. The van der Waals surface area contributed by atoms with Crippen LogP contribution in [0.15, 0.2) is 18.2 Å². The first-order valence-corrected chi connectivity index (χ1v) is 4.33. The van der Waals surface area contributed by atoms with E-state index in [-0.39, 0.29) is 5.56 Å². The molecule has 0 saturated heterocycles. The topological polar surface area (TPSA) is 29.1 Å². The van der Waals surface area contributed by atoms with Crippen LogP contribution in [0.2, 0.25) is 0 Å². The van der Waals surface area contributed by atoms with Gasteiger partial charge in [-0.1, -0.05) is 0 Å². The molecule has 1 amide bonds. The van der Waals surface area contributed by atoms with E-state index in [0.29, 0.717) is 5.56 Å². The predicted octanol–water partition coefficient (Wildman–Crippen LogP) is 2.13. The van der Waals surface area contributed by atoms with Gasteiger partial charge in [-0.15, -0.1) is 0 Å². The molecule has 1 aromatic carbocycles. The summed E-state index contributed by atoms with van der Waals surface area (Å²) >= 11 is 0. The molecule has 0 fully saturated rings. The molecular formula is C10H10F3NO. The van der Waals surface area contributed by atoms with Crippen LogP contribution >= 0.6 is 0 Å². The summed E-state index contributed by atoms with van der Waals surface area (Å²) in [5.74, 6) is -1.08.